The summed E-state index contributed by atoms with van der Waals surface area (Å²) in [6.07, 6.45) is 6.69. The molecule has 2 aromatic rings. The van der Waals surface area contributed by atoms with Crippen LogP contribution in [0.25, 0.3) is 11.3 Å². The Morgan fingerprint density at radius 3 is 3.06 bits per heavy atom. The van der Waals surface area contributed by atoms with E-state index < -0.39 is 0 Å². The van der Waals surface area contributed by atoms with Crippen LogP contribution in [-0.4, -0.2) is 34.7 Å². The first kappa shape index (κ1) is 11.4. The predicted octanol–water partition coefficient (Wildman–Crippen LogP) is 1.52. The Hall–Kier alpha value is -1.72. The van der Waals surface area contributed by atoms with Gasteiger partial charge in [0.2, 0.25) is 0 Å². The van der Waals surface area contributed by atoms with E-state index in [2.05, 4.69) is 20.3 Å². The summed E-state index contributed by atoms with van der Waals surface area (Å²) in [5.74, 6) is 0.966. The average Bonchev–Trinajstić information content (AvgIpc) is 3.08. The second-order valence-electron chi connectivity index (χ2n) is 4.48. The number of nitrogens with zero attached hydrogens (tertiary/aromatic N) is 2. The molecule has 0 aromatic carbocycles. The van der Waals surface area contributed by atoms with E-state index in [0.717, 1.165) is 30.0 Å². The number of imidazole rings is 1. The van der Waals surface area contributed by atoms with Gasteiger partial charge in [0.05, 0.1) is 24.0 Å². The zero-order valence-electron chi connectivity index (χ0n) is 10.3. The van der Waals surface area contributed by atoms with Crippen LogP contribution in [0.4, 0.5) is 0 Å². The van der Waals surface area contributed by atoms with E-state index in [9.17, 15) is 0 Å². The zero-order chi connectivity index (χ0) is 12.4. The maximum Gasteiger partial charge on any atom is 0.123 e. The normalized spacial score (nSPS) is 23.4. The molecule has 5 nitrogen and oxygen atoms in total. The maximum absolute atomic E-state index is 5.34. The van der Waals surface area contributed by atoms with Crippen molar-refractivity contribution in [2.24, 2.45) is 0 Å². The van der Waals surface area contributed by atoms with E-state index in [1.165, 1.54) is 0 Å². The summed E-state index contributed by atoms with van der Waals surface area (Å²) in [6, 6.07) is 4.19. The van der Waals surface area contributed by atoms with Gasteiger partial charge in [-0.05, 0) is 18.6 Å². The van der Waals surface area contributed by atoms with Gasteiger partial charge in [0.25, 0.3) is 0 Å². The summed E-state index contributed by atoms with van der Waals surface area (Å²) in [6.45, 7) is 0.879. The summed E-state index contributed by atoms with van der Waals surface area (Å²) in [7, 11) is 1.75. The highest BCUT2D eigenvalue weighted by atomic mass is 16.5. The van der Waals surface area contributed by atoms with E-state index >= 15 is 0 Å². The van der Waals surface area contributed by atoms with Crippen molar-refractivity contribution in [3.8, 4) is 11.3 Å². The highest BCUT2D eigenvalue weighted by Crippen LogP contribution is 2.24. The van der Waals surface area contributed by atoms with E-state index in [1.54, 1.807) is 13.3 Å². The van der Waals surface area contributed by atoms with E-state index in [-0.39, 0.29) is 12.1 Å². The van der Waals surface area contributed by atoms with Gasteiger partial charge >= 0.3 is 0 Å². The Morgan fingerprint density at radius 1 is 1.39 bits per heavy atom. The Bertz CT molecular complexity index is 511. The number of rotatable bonds is 3. The van der Waals surface area contributed by atoms with Gasteiger partial charge in [-0.2, -0.15) is 0 Å². The molecule has 18 heavy (non-hydrogen) atoms. The number of nitrogens with one attached hydrogen (secondary N) is 2. The standard InChI is InChI=1S/C13H16N4O/c1-18-10-5-11(15-7-10)13-16-8-12(17-13)9-3-2-4-14-6-9/h2-4,6,8,10-11,15H,5,7H2,1H3,(H,16,17)/t10-,11-/m0/s1. The van der Waals surface area contributed by atoms with E-state index in [1.807, 2.05) is 24.5 Å². The molecule has 94 valence electrons. The minimum Gasteiger partial charge on any atom is -0.380 e. The first-order chi connectivity index (χ1) is 8.86. The SMILES string of the molecule is CO[C@@H]1CN[C@H](c2ncc(-c3cccnc3)[nH]2)C1. The van der Waals surface area contributed by atoms with Crippen molar-refractivity contribution >= 4 is 0 Å². The quantitative estimate of drug-likeness (QED) is 0.859. The lowest BCUT2D eigenvalue weighted by molar-refractivity contribution is 0.117. The van der Waals surface area contributed by atoms with Crippen LogP contribution in [-0.2, 0) is 4.74 Å². The van der Waals surface area contributed by atoms with Crippen LogP contribution in [0, 0.1) is 0 Å². The van der Waals surface area contributed by atoms with Gasteiger partial charge in [-0.1, -0.05) is 0 Å². The molecule has 2 atom stereocenters. The summed E-state index contributed by atoms with van der Waals surface area (Å²) in [4.78, 5) is 11.9. The van der Waals surface area contributed by atoms with Crippen molar-refractivity contribution < 1.29 is 4.74 Å². The fourth-order valence-electron chi connectivity index (χ4n) is 2.27. The Balaban J connectivity index is 1.78. The highest BCUT2D eigenvalue weighted by Gasteiger charge is 2.27. The minimum atomic E-state index is 0.250. The molecule has 2 N–H and O–H groups in total. The largest absolute Gasteiger partial charge is 0.380 e. The number of aromatic amines is 1. The fraction of sp³-hybridized carbons (Fsp3) is 0.385. The molecule has 0 aliphatic carbocycles. The van der Waals surface area contributed by atoms with Crippen LogP contribution in [0.3, 0.4) is 0 Å². The third-order valence-corrected chi connectivity index (χ3v) is 3.32. The maximum atomic E-state index is 5.34. The molecular weight excluding hydrogens is 228 g/mol. The Kier molecular flexibility index (Phi) is 3.08. The van der Waals surface area contributed by atoms with Crippen molar-refractivity contribution in [3.63, 3.8) is 0 Å². The van der Waals surface area contributed by atoms with Crippen molar-refractivity contribution in [1.82, 2.24) is 20.3 Å². The molecular formula is C13H16N4O. The number of aromatic nitrogens is 3. The van der Waals surface area contributed by atoms with Crippen molar-refractivity contribution in [1.29, 1.82) is 0 Å². The zero-order valence-corrected chi connectivity index (χ0v) is 10.3. The van der Waals surface area contributed by atoms with Gasteiger partial charge < -0.3 is 15.0 Å². The average molecular weight is 244 g/mol. The Morgan fingerprint density at radius 2 is 2.33 bits per heavy atom. The van der Waals surface area contributed by atoms with Crippen LogP contribution >= 0.6 is 0 Å². The van der Waals surface area contributed by atoms with Crippen LogP contribution in [0.2, 0.25) is 0 Å². The third-order valence-electron chi connectivity index (χ3n) is 3.32. The lowest BCUT2D eigenvalue weighted by Crippen LogP contribution is -2.16. The predicted molar refractivity (Wildman–Crippen MR) is 68.0 cm³/mol. The molecule has 0 amide bonds. The van der Waals surface area contributed by atoms with Gasteiger partial charge in [0.1, 0.15) is 5.82 Å². The third kappa shape index (κ3) is 2.14. The summed E-state index contributed by atoms with van der Waals surface area (Å²) >= 11 is 0. The lowest BCUT2D eigenvalue weighted by Gasteiger charge is -2.06. The molecule has 1 fully saturated rings. The van der Waals surface area contributed by atoms with Gasteiger partial charge in [-0.3, -0.25) is 4.98 Å². The number of pyridine rings is 1. The number of H-pyrrole nitrogens is 1. The number of methoxy groups -OCH3 is 1. The van der Waals surface area contributed by atoms with Gasteiger partial charge in [-0.15, -0.1) is 0 Å². The summed E-state index contributed by atoms with van der Waals surface area (Å²) < 4.78 is 5.34. The molecule has 3 heterocycles. The topological polar surface area (TPSA) is 62.8 Å². The first-order valence-corrected chi connectivity index (χ1v) is 6.08. The monoisotopic (exact) mass is 244 g/mol. The lowest BCUT2D eigenvalue weighted by atomic mass is 10.2. The number of hydrogen-bond donors (Lipinski definition) is 2. The molecule has 0 unspecified atom stereocenters. The van der Waals surface area contributed by atoms with Crippen LogP contribution in [0.1, 0.15) is 18.3 Å². The minimum absolute atomic E-state index is 0.250. The van der Waals surface area contributed by atoms with Crippen molar-refractivity contribution in [3.05, 3.63) is 36.5 Å². The summed E-state index contributed by atoms with van der Waals surface area (Å²) in [5, 5.41) is 3.40. The second-order valence-corrected chi connectivity index (χ2v) is 4.48. The van der Waals surface area contributed by atoms with Crippen LogP contribution in [0.5, 0.6) is 0 Å². The molecule has 1 aliphatic rings. The van der Waals surface area contributed by atoms with E-state index in [4.69, 9.17) is 4.74 Å². The molecule has 1 saturated heterocycles. The Labute approximate surface area is 106 Å². The smallest absolute Gasteiger partial charge is 0.123 e. The van der Waals surface area contributed by atoms with E-state index in [0.29, 0.717) is 0 Å². The van der Waals surface area contributed by atoms with Gasteiger partial charge in [0.15, 0.2) is 0 Å². The molecule has 0 spiro atoms. The second kappa shape index (κ2) is 4.88. The van der Waals surface area contributed by atoms with Gasteiger partial charge in [0, 0.05) is 31.6 Å². The molecule has 0 saturated carbocycles. The van der Waals surface area contributed by atoms with Crippen LogP contribution < -0.4 is 5.32 Å². The molecule has 0 radical (unpaired) electrons. The molecule has 3 rings (SSSR count). The van der Waals surface area contributed by atoms with Crippen molar-refractivity contribution in [2.45, 2.75) is 18.6 Å². The van der Waals surface area contributed by atoms with Crippen molar-refractivity contribution in [2.75, 3.05) is 13.7 Å². The molecule has 0 bridgehead atoms. The molecule has 5 heteroatoms. The van der Waals surface area contributed by atoms with Crippen LogP contribution in [0.15, 0.2) is 30.7 Å². The van der Waals surface area contributed by atoms with Gasteiger partial charge in [-0.25, -0.2) is 4.98 Å². The first-order valence-electron chi connectivity index (χ1n) is 6.08. The number of hydrogen-bond acceptors (Lipinski definition) is 4. The molecule has 1 aliphatic heterocycles. The highest BCUT2D eigenvalue weighted by molar-refractivity contribution is 5.56. The summed E-state index contributed by atoms with van der Waals surface area (Å²) in [5.41, 5.74) is 2.05. The molecule has 2 aromatic heterocycles. The number of ether oxygens (including phenoxy) is 1. The fourth-order valence-corrected chi connectivity index (χ4v) is 2.27.